The van der Waals surface area contributed by atoms with Gasteiger partial charge in [-0.05, 0) is 29.8 Å². The normalized spacial score (nSPS) is 11.3. The third-order valence-corrected chi connectivity index (χ3v) is 9.30. The van der Waals surface area contributed by atoms with Crippen LogP contribution in [0.2, 0.25) is 10.0 Å². The summed E-state index contributed by atoms with van der Waals surface area (Å²) in [6, 6.07) is 22.3. The second-order valence-corrected chi connectivity index (χ2v) is 11.9. The van der Waals surface area contributed by atoms with Gasteiger partial charge in [-0.3, -0.25) is 14.4 Å². The van der Waals surface area contributed by atoms with Gasteiger partial charge in [0.2, 0.25) is 11.0 Å². The first-order chi connectivity index (χ1) is 16.8. The van der Waals surface area contributed by atoms with Gasteiger partial charge in [-0.1, -0.05) is 101 Å². The van der Waals surface area contributed by atoms with E-state index < -0.39 is 22.5 Å². The number of amides is 1. The van der Waals surface area contributed by atoms with E-state index in [-0.39, 0.29) is 25.8 Å². The monoisotopic (exact) mass is 564 g/mol. The lowest BCUT2D eigenvalue weighted by molar-refractivity contribution is -0.114. The van der Waals surface area contributed by atoms with E-state index in [0.717, 1.165) is 9.87 Å². The molecule has 1 aromatic heterocycles. The first kappa shape index (κ1) is 25.5. The number of carbonyl (C=O) groups is 1. The molecular weight excluding hydrogens is 547 g/mol. The van der Waals surface area contributed by atoms with E-state index in [4.69, 9.17) is 23.2 Å². The van der Waals surface area contributed by atoms with Gasteiger partial charge in [0.25, 0.3) is 10.0 Å². The van der Waals surface area contributed by atoms with Crippen molar-refractivity contribution in [2.45, 2.75) is 15.0 Å². The molecule has 0 aliphatic carbocycles. The number of rotatable bonds is 9. The molecule has 0 saturated carbocycles. The molecule has 0 bridgehead atoms. The highest BCUT2D eigenvalue weighted by Gasteiger charge is 2.29. The zero-order valence-electron chi connectivity index (χ0n) is 18.0. The molecule has 0 saturated heterocycles. The summed E-state index contributed by atoms with van der Waals surface area (Å²) >= 11 is 15.1. The highest BCUT2D eigenvalue weighted by Crippen LogP contribution is 2.35. The van der Waals surface area contributed by atoms with Gasteiger partial charge in [0.1, 0.15) is 6.54 Å². The van der Waals surface area contributed by atoms with Gasteiger partial charge in [0.05, 0.1) is 20.6 Å². The molecule has 35 heavy (non-hydrogen) atoms. The Hall–Kier alpha value is -2.63. The highest BCUT2D eigenvalue weighted by molar-refractivity contribution is 8.00. The van der Waals surface area contributed by atoms with Gasteiger partial charge >= 0.3 is 0 Å². The van der Waals surface area contributed by atoms with E-state index in [1.54, 1.807) is 24.3 Å². The Kier molecular flexibility index (Phi) is 8.30. The number of aromatic nitrogens is 2. The lowest BCUT2D eigenvalue weighted by atomic mass is 10.2. The van der Waals surface area contributed by atoms with Crippen LogP contribution in [0.25, 0.3) is 0 Å². The Labute approximate surface area is 221 Å². The maximum Gasteiger partial charge on any atom is 0.264 e. The van der Waals surface area contributed by atoms with Crippen molar-refractivity contribution in [3.63, 3.8) is 0 Å². The zero-order chi connectivity index (χ0) is 24.8. The fourth-order valence-electron chi connectivity index (χ4n) is 3.03. The molecular formula is C23H18Cl2N4O3S3. The summed E-state index contributed by atoms with van der Waals surface area (Å²) in [4.78, 5) is 12.9. The molecule has 0 unspecified atom stereocenters. The number of nitrogens with one attached hydrogen (secondary N) is 1. The molecule has 0 spiro atoms. The molecule has 0 radical (unpaired) electrons. The molecule has 4 aromatic rings. The van der Waals surface area contributed by atoms with Crippen LogP contribution in [0, 0.1) is 0 Å². The average molecular weight is 566 g/mol. The molecule has 180 valence electrons. The van der Waals surface area contributed by atoms with Crippen molar-refractivity contribution in [1.29, 1.82) is 0 Å². The molecule has 1 amide bonds. The lowest BCUT2D eigenvalue weighted by Crippen LogP contribution is -2.38. The van der Waals surface area contributed by atoms with Crippen molar-refractivity contribution in [2.75, 3.05) is 16.2 Å². The van der Waals surface area contributed by atoms with E-state index in [9.17, 15) is 13.2 Å². The van der Waals surface area contributed by atoms with Crippen LogP contribution in [0.3, 0.4) is 0 Å². The molecule has 1 N–H and O–H groups in total. The summed E-state index contributed by atoms with van der Waals surface area (Å²) in [7, 11) is -4.12. The molecule has 0 aliphatic rings. The van der Waals surface area contributed by atoms with Crippen molar-refractivity contribution in [3.8, 4) is 0 Å². The number of nitrogens with zero attached hydrogens (tertiary/aromatic N) is 3. The van der Waals surface area contributed by atoms with E-state index in [1.807, 2.05) is 30.3 Å². The highest BCUT2D eigenvalue weighted by atomic mass is 35.5. The number of benzene rings is 3. The average Bonchev–Trinajstić information content (AvgIpc) is 3.31. The second kappa shape index (κ2) is 11.4. The Morgan fingerprint density at radius 2 is 1.63 bits per heavy atom. The lowest BCUT2D eigenvalue weighted by Gasteiger charge is -2.25. The minimum absolute atomic E-state index is 0.0133. The van der Waals surface area contributed by atoms with Crippen molar-refractivity contribution in [1.82, 2.24) is 10.2 Å². The van der Waals surface area contributed by atoms with Crippen LogP contribution in [-0.2, 0) is 20.6 Å². The van der Waals surface area contributed by atoms with Crippen molar-refractivity contribution in [2.24, 2.45) is 0 Å². The molecule has 3 aromatic carbocycles. The van der Waals surface area contributed by atoms with E-state index >= 15 is 0 Å². The van der Waals surface area contributed by atoms with E-state index in [1.165, 1.54) is 47.4 Å². The van der Waals surface area contributed by atoms with Crippen LogP contribution in [0.15, 0.2) is 88.1 Å². The van der Waals surface area contributed by atoms with Gasteiger partial charge in [-0.15, -0.1) is 10.2 Å². The SMILES string of the molecule is O=C(CN(c1cccc(Cl)c1Cl)S(=O)(=O)c1ccccc1)Nc1nnc(SCc2ccccc2)s1. The van der Waals surface area contributed by atoms with Gasteiger partial charge < -0.3 is 0 Å². The summed E-state index contributed by atoms with van der Waals surface area (Å²) in [5, 5.41) is 11.2. The Morgan fingerprint density at radius 1 is 0.943 bits per heavy atom. The predicted molar refractivity (Wildman–Crippen MR) is 142 cm³/mol. The molecule has 0 atom stereocenters. The number of thioether (sulfide) groups is 1. The molecule has 4 rings (SSSR count). The van der Waals surface area contributed by atoms with Crippen LogP contribution < -0.4 is 9.62 Å². The van der Waals surface area contributed by atoms with Crippen molar-refractivity contribution < 1.29 is 13.2 Å². The number of halogens is 2. The first-order valence-corrected chi connectivity index (χ1v) is 14.2. The number of anilines is 2. The van der Waals surface area contributed by atoms with Crippen LogP contribution in [0.1, 0.15) is 5.56 Å². The second-order valence-electron chi connectivity index (χ2n) is 7.09. The summed E-state index contributed by atoms with van der Waals surface area (Å²) in [6.45, 7) is -0.538. The van der Waals surface area contributed by atoms with Crippen LogP contribution >= 0.6 is 46.3 Å². The van der Waals surface area contributed by atoms with Crippen LogP contribution in [0.5, 0.6) is 0 Å². The maximum absolute atomic E-state index is 13.4. The molecule has 7 nitrogen and oxygen atoms in total. The number of carbonyl (C=O) groups excluding carboxylic acids is 1. The molecule has 0 aliphatic heterocycles. The Balaban J connectivity index is 1.52. The van der Waals surface area contributed by atoms with Crippen LogP contribution in [0.4, 0.5) is 10.8 Å². The van der Waals surface area contributed by atoms with E-state index in [2.05, 4.69) is 15.5 Å². The number of sulfonamides is 1. The van der Waals surface area contributed by atoms with Crippen molar-refractivity contribution >= 4 is 73.0 Å². The summed E-state index contributed by atoms with van der Waals surface area (Å²) in [5.74, 6) is 0.107. The standard InChI is InChI=1S/C23H18Cl2N4O3S3/c24-18-12-7-13-19(21(18)25)29(35(31,32)17-10-5-2-6-11-17)14-20(30)26-22-27-28-23(34-22)33-15-16-8-3-1-4-9-16/h1-13H,14-15H2,(H,26,27,30). The summed E-state index contributed by atoms with van der Waals surface area (Å²) in [5.41, 5.74) is 1.23. The van der Waals surface area contributed by atoms with Gasteiger partial charge in [-0.25, -0.2) is 8.42 Å². The van der Waals surface area contributed by atoms with Crippen molar-refractivity contribution in [3.05, 3.63) is 94.5 Å². The fourth-order valence-corrected chi connectivity index (χ4v) is 6.66. The predicted octanol–water partition coefficient (Wildman–Crippen LogP) is 5.97. The van der Waals surface area contributed by atoms with Gasteiger partial charge in [-0.2, -0.15) is 0 Å². The topological polar surface area (TPSA) is 92.3 Å². The van der Waals surface area contributed by atoms with Crippen LogP contribution in [-0.4, -0.2) is 31.1 Å². The largest absolute Gasteiger partial charge is 0.299 e. The summed E-state index contributed by atoms with van der Waals surface area (Å²) < 4.78 is 28.5. The third kappa shape index (κ3) is 6.33. The van der Waals surface area contributed by atoms with Gasteiger partial charge in [0, 0.05) is 5.75 Å². The minimum atomic E-state index is -4.12. The fraction of sp³-hybridized carbons (Fsp3) is 0.0870. The number of hydrogen-bond donors (Lipinski definition) is 1. The Morgan fingerprint density at radius 3 is 2.34 bits per heavy atom. The third-order valence-electron chi connectivity index (χ3n) is 4.68. The first-order valence-electron chi connectivity index (χ1n) is 10.2. The Bertz CT molecular complexity index is 1420. The smallest absolute Gasteiger partial charge is 0.264 e. The zero-order valence-corrected chi connectivity index (χ0v) is 21.9. The quantitative estimate of drug-likeness (QED) is 0.199. The maximum atomic E-state index is 13.4. The minimum Gasteiger partial charge on any atom is -0.299 e. The van der Waals surface area contributed by atoms with Gasteiger partial charge in [0.15, 0.2) is 4.34 Å². The van der Waals surface area contributed by atoms with E-state index in [0.29, 0.717) is 10.1 Å². The number of hydrogen-bond acceptors (Lipinski definition) is 7. The molecule has 0 fully saturated rings. The molecule has 1 heterocycles. The summed E-state index contributed by atoms with van der Waals surface area (Å²) in [6.07, 6.45) is 0. The molecule has 12 heteroatoms.